The molecule has 2 amide bonds. The highest BCUT2D eigenvalue weighted by atomic mass is 32.1. The Labute approximate surface area is 210 Å². The Kier molecular flexibility index (Phi) is 6.20. The zero-order chi connectivity index (χ0) is 24.6. The SMILES string of the molecule is CC(C)(C)N(CC(=O)N1CCc2sccc2[C@@H]1c1ccccc1)C(=O)c1cccc2ccccc12. The van der Waals surface area contributed by atoms with E-state index in [0.29, 0.717) is 12.1 Å². The molecule has 1 aromatic heterocycles. The van der Waals surface area contributed by atoms with Crippen LogP contribution in [0.25, 0.3) is 10.8 Å². The Balaban J connectivity index is 1.49. The first kappa shape index (κ1) is 23.3. The van der Waals surface area contributed by atoms with Gasteiger partial charge in [-0.1, -0.05) is 66.7 Å². The molecule has 5 heteroatoms. The van der Waals surface area contributed by atoms with E-state index in [2.05, 4.69) is 23.6 Å². The molecule has 4 nitrogen and oxygen atoms in total. The van der Waals surface area contributed by atoms with Crippen LogP contribution in [0.15, 0.2) is 84.2 Å². The molecular weight excluding hydrogens is 452 g/mol. The van der Waals surface area contributed by atoms with Gasteiger partial charge in [-0.2, -0.15) is 0 Å². The minimum Gasteiger partial charge on any atom is -0.330 e. The molecule has 0 N–H and O–H groups in total. The summed E-state index contributed by atoms with van der Waals surface area (Å²) in [7, 11) is 0. The molecule has 4 aromatic rings. The van der Waals surface area contributed by atoms with Crippen molar-refractivity contribution in [1.29, 1.82) is 0 Å². The van der Waals surface area contributed by atoms with Crippen molar-refractivity contribution in [3.8, 4) is 0 Å². The second-order valence-corrected chi connectivity index (χ2v) is 11.0. The molecule has 0 saturated carbocycles. The summed E-state index contributed by atoms with van der Waals surface area (Å²) in [4.78, 5) is 32.8. The number of rotatable bonds is 4. The first-order chi connectivity index (χ1) is 16.8. The number of carbonyl (C=O) groups is 2. The topological polar surface area (TPSA) is 40.6 Å². The molecular formula is C30H30N2O2S. The second kappa shape index (κ2) is 9.31. The van der Waals surface area contributed by atoms with Gasteiger partial charge in [-0.3, -0.25) is 9.59 Å². The first-order valence-corrected chi connectivity index (χ1v) is 12.9. The summed E-state index contributed by atoms with van der Waals surface area (Å²) in [5.41, 5.74) is 2.41. The van der Waals surface area contributed by atoms with Crippen molar-refractivity contribution in [1.82, 2.24) is 9.80 Å². The molecule has 1 aliphatic heterocycles. The predicted molar refractivity (Wildman–Crippen MR) is 143 cm³/mol. The van der Waals surface area contributed by atoms with Gasteiger partial charge in [-0.25, -0.2) is 0 Å². The van der Waals surface area contributed by atoms with Crippen molar-refractivity contribution >= 4 is 33.9 Å². The van der Waals surface area contributed by atoms with Gasteiger partial charge in [-0.15, -0.1) is 11.3 Å². The summed E-state index contributed by atoms with van der Waals surface area (Å²) in [5.74, 6) is -0.147. The maximum Gasteiger partial charge on any atom is 0.255 e. The molecule has 0 fully saturated rings. The van der Waals surface area contributed by atoms with E-state index in [1.807, 2.05) is 86.3 Å². The van der Waals surface area contributed by atoms with Crippen LogP contribution in [0.4, 0.5) is 0 Å². The van der Waals surface area contributed by atoms with Crippen molar-refractivity contribution in [3.05, 3.63) is 106 Å². The van der Waals surface area contributed by atoms with E-state index in [0.717, 1.165) is 22.8 Å². The van der Waals surface area contributed by atoms with Gasteiger partial charge >= 0.3 is 0 Å². The van der Waals surface area contributed by atoms with Gasteiger partial charge in [0, 0.05) is 22.5 Å². The van der Waals surface area contributed by atoms with Gasteiger partial charge in [0.15, 0.2) is 0 Å². The molecule has 5 rings (SSSR count). The number of carbonyl (C=O) groups excluding carboxylic acids is 2. The minimum atomic E-state index is -0.519. The maximum atomic E-state index is 13.9. The quantitative estimate of drug-likeness (QED) is 0.342. The van der Waals surface area contributed by atoms with Gasteiger partial charge in [0.25, 0.3) is 5.91 Å². The minimum absolute atomic E-state index is 0.0285. The standard InChI is InChI=1S/C30H30N2O2S/c1-30(2,3)32(29(34)24-15-9-13-21-10-7-8-14-23(21)24)20-27(33)31-18-16-26-25(17-19-35-26)28(31)22-11-5-4-6-12-22/h4-15,17,19,28H,16,18,20H2,1-3H3/t28-/m0/s1. The molecule has 2 heterocycles. The number of hydrogen-bond acceptors (Lipinski definition) is 3. The van der Waals surface area contributed by atoms with Gasteiger partial charge < -0.3 is 9.80 Å². The van der Waals surface area contributed by atoms with Gasteiger partial charge in [0.05, 0.1) is 6.04 Å². The van der Waals surface area contributed by atoms with E-state index in [1.165, 1.54) is 10.4 Å². The van der Waals surface area contributed by atoms with Crippen molar-refractivity contribution < 1.29 is 9.59 Å². The highest BCUT2D eigenvalue weighted by Crippen LogP contribution is 2.38. The average Bonchev–Trinajstić information content (AvgIpc) is 3.34. The number of hydrogen-bond donors (Lipinski definition) is 0. The molecule has 1 aliphatic rings. The van der Waals surface area contributed by atoms with Crippen molar-refractivity contribution in [2.24, 2.45) is 0 Å². The fraction of sp³-hybridized carbons (Fsp3) is 0.267. The van der Waals surface area contributed by atoms with Crippen LogP contribution >= 0.6 is 11.3 Å². The first-order valence-electron chi connectivity index (χ1n) is 12.0. The molecule has 0 saturated heterocycles. The lowest BCUT2D eigenvalue weighted by Crippen LogP contribution is -2.52. The molecule has 0 spiro atoms. The Hall–Kier alpha value is -3.44. The molecule has 0 radical (unpaired) electrons. The lowest BCUT2D eigenvalue weighted by Gasteiger charge is -2.40. The summed E-state index contributed by atoms with van der Waals surface area (Å²) in [6.45, 7) is 6.65. The summed E-state index contributed by atoms with van der Waals surface area (Å²) in [6.07, 6.45) is 0.842. The van der Waals surface area contributed by atoms with Crippen molar-refractivity contribution in [3.63, 3.8) is 0 Å². The summed E-state index contributed by atoms with van der Waals surface area (Å²) < 4.78 is 0. The van der Waals surface area contributed by atoms with Gasteiger partial charge in [0.1, 0.15) is 6.54 Å². The Morgan fingerprint density at radius 1 is 0.943 bits per heavy atom. The van der Waals surface area contributed by atoms with Gasteiger partial charge in [-0.05, 0) is 66.6 Å². The maximum absolute atomic E-state index is 13.9. The number of benzene rings is 3. The smallest absolute Gasteiger partial charge is 0.255 e. The highest BCUT2D eigenvalue weighted by Gasteiger charge is 2.36. The summed E-state index contributed by atoms with van der Waals surface area (Å²) in [6, 6.07) is 25.9. The molecule has 35 heavy (non-hydrogen) atoms. The van der Waals surface area contributed by atoms with Crippen molar-refractivity contribution in [2.45, 2.75) is 38.8 Å². The number of thiophene rings is 1. The Morgan fingerprint density at radius 3 is 2.43 bits per heavy atom. The number of nitrogens with zero attached hydrogens (tertiary/aromatic N) is 2. The Bertz CT molecular complexity index is 1360. The van der Waals surface area contributed by atoms with Crippen LogP contribution in [-0.4, -0.2) is 40.2 Å². The zero-order valence-corrected chi connectivity index (χ0v) is 21.2. The largest absolute Gasteiger partial charge is 0.330 e. The van der Waals surface area contributed by atoms with Crippen molar-refractivity contribution in [2.75, 3.05) is 13.1 Å². The zero-order valence-electron chi connectivity index (χ0n) is 20.4. The highest BCUT2D eigenvalue weighted by molar-refractivity contribution is 7.10. The Morgan fingerprint density at radius 2 is 1.66 bits per heavy atom. The molecule has 1 atom stereocenters. The lowest BCUT2D eigenvalue weighted by atomic mass is 9.93. The van der Waals surface area contributed by atoms with E-state index in [4.69, 9.17) is 0 Å². The van der Waals surface area contributed by atoms with E-state index in [-0.39, 0.29) is 24.4 Å². The molecule has 0 unspecified atom stereocenters. The third kappa shape index (κ3) is 4.48. The van der Waals surface area contributed by atoms with Gasteiger partial charge in [0.2, 0.25) is 5.91 Å². The third-order valence-electron chi connectivity index (χ3n) is 6.77. The average molecular weight is 483 g/mol. The predicted octanol–water partition coefficient (Wildman–Crippen LogP) is 6.32. The molecule has 0 bridgehead atoms. The van der Waals surface area contributed by atoms with E-state index >= 15 is 0 Å². The lowest BCUT2D eigenvalue weighted by molar-refractivity contribution is -0.135. The van der Waals surface area contributed by atoms with Crippen LogP contribution in [0, 0.1) is 0 Å². The van der Waals surface area contributed by atoms with E-state index in [9.17, 15) is 9.59 Å². The fourth-order valence-corrected chi connectivity index (χ4v) is 5.88. The number of amides is 2. The van der Waals surface area contributed by atoms with Crippen LogP contribution in [0.2, 0.25) is 0 Å². The van der Waals surface area contributed by atoms with Crippen LogP contribution in [0.5, 0.6) is 0 Å². The van der Waals surface area contributed by atoms with E-state index < -0.39 is 5.54 Å². The van der Waals surface area contributed by atoms with Crippen LogP contribution in [0.3, 0.4) is 0 Å². The number of fused-ring (bicyclic) bond motifs is 2. The second-order valence-electron chi connectivity index (χ2n) is 10.0. The molecule has 178 valence electrons. The molecule has 3 aromatic carbocycles. The third-order valence-corrected chi connectivity index (χ3v) is 7.77. The molecule has 0 aliphatic carbocycles. The van der Waals surface area contributed by atoms with E-state index in [1.54, 1.807) is 16.2 Å². The van der Waals surface area contributed by atoms with Crippen LogP contribution in [-0.2, 0) is 11.2 Å². The van der Waals surface area contributed by atoms with Crippen LogP contribution < -0.4 is 0 Å². The normalized spacial score (nSPS) is 15.6. The monoisotopic (exact) mass is 482 g/mol. The summed E-state index contributed by atoms with van der Waals surface area (Å²) in [5, 5.41) is 4.04. The van der Waals surface area contributed by atoms with Crippen LogP contribution in [0.1, 0.15) is 53.2 Å². The summed E-state index contributed by atoms with van der Waals surface area (Å²) >= 11 is 1.76. The fourth-order valence-electron chi connectivity index (χ4n) is 4.98.